The summed E-state index contributed by atoms with van der Waals surface area (Å²) in [5, 5.41) is 4.04. The predicted octanol–water partition coefficient (Wildman–Crippen LogP) is 4.61. The number of anilines is 1. The van der Waals surface area contributed by atoms with Crippen molar-refractivity contribution in [1.29, 1.82) is 0 Å². The van der Waals surface area contributed by atoms with Crippen molar-refractivity contribution in [3.8, 4) is 11.3 Å². The second-order valence-corrected chi connectivity index (χ2v) is 8.30. The van der Waals surface area contributed by atoms with E-state index in [2.05, 4.69) is 65.6 Å². The van der Waals surface area contributed by atoms with Crippen LogP contribution >= 0.6 is 11.3 Å². The molecule has 0 atom stereocenters. The van der Waals surface area contributed by atoms with E-state index < -0.39 is 0 Å². The van der Waals surface area contributed by atoms with Gasteiger partial charge >= 0.3 is 0 Å². The lowest BCUT2D eigenvalue weighted by Crippen LogP contribution is -2.29. The van der Waals surface area contributed by atoms with Crippen molar-refractivity contribution in [3.05, 3.63) is 70.0 Å². The smallest absolute Gasteiger partial charge is 0.225 e. The second-order valence-electron chi connectivity index (χ2n) is 7.01. The van der Waals surface area contributed by atoms with Gasteiger partial charge in [-0.25, -0.2) is 4.98 Å². The number of aromatic nitrogens is 1. The van der Waals surface area contributed by atoms with Gasteiger partial charge in [0.15, 0.2) is 0 Å². The van der Waals surface area contributed by atoms with Gasteiger partial charge in [-0.3, -0.25) is 4.79 Å². The Morgan fingerprint density at radius 3 is 2.50 bits per heavy atom. The minimum absolute atomic E-state index is 0.0550. The summed E-state index contributed by atoms with van der Waals surface area (Å²) in [5.74, 6) is 0.0550. The Labute approximate surface area is 171 Å². The third-order valence-electron chi connectivity index (χ3n) is 4.64. The molecule has 146 valence electrons. The summed E-state index contributed by atoms with van der Waals surface area (Å²) in [5.41, 5.74) is 4.41. The number of thiazole rings is 1. The number of carbonyl (C=O) groups excluding carboxylic acids is 1. The van der Waals surface area contributed by atoms with E-state index in [4.69, 9.17) is 0 Å². The fourth-order valence-electron chi connectivity index (χ4n) is 3.09. The molecule has 0 radical (unpaired) electrons. The van der Waals surface area contributed by atoms with Crippen molar-refractivity contribution in [1.82, 2.24) is 10.3 Å². The van der Waals surface area contributed by atoms with Gasteiger partial charge in [0.2, 0.25) is 5.91 Å². The zero-order chi connectivity index (χ0) is 19.9. The lowest BCUT2D eigenvalue weighted by Gasteiger charge is -2.19. The van der Waals surface area contributed by atoms with Gasteiger partial charge in [0.1, 0.15) is 0 Å². The van der Waals surface area contributed by atoms with Crippen LogP contribution in [0.4, 0.5) is 5.69 Å². The molecular weight excluding hydrogens is 366 g/mol. The number of hydrogen-bond acceptors (Lipinski definition) is 4. The molecule has 0 aliphatic rings. The molecule has 3 rings (SSSR count). The van der Waals surface area contributed by atoms with Gasteiger partial charge in [-0.2, -0.15) is 0 Å². The molecule has 0 unspecified atom stereocenters. The molecule has 28 heavy (non-hydrogen) atoms. The van der Waals surface area contributed by atoms with Gasteiger partial charge in [-0.1, -0.05) is 48.0 Å². The number of para-hydroxylation sites is 1. The number of aryl methyl sites for hydroxylation is 2. The van der Waals surface area contributed by atoms with E-state index in [9.17, 15) is 4.79 Å². The summed E-state index contributed by atoms with van der Waals surface area (Å²) in [4.78, 5) is 20.3. The molecule has 1 amide bonds. The van der Waals surface area contributed by atoms with Gasteiger partial charge < -0.3 is 10.2 Å². The van der Waals surface area contributed by atoms with E-state index in [-0.39, 0.29) is 5.91 Å². The Hall–Kier alpha value is -2.66. The second kappa shape index (κ2) is 9.51. The van der Waals surface area contributed by atoms with Crippen LogP contribution in [-0.2, 0) is 11.2 Å². The van der Waals surface area contributed by atoms with E-state index in [1.807, 2.05) is 25.1 Å². The topological polar surface area (TPSA) is 45.2 Å². The van der Waals surface area contributed by atoms with E-state index >= 15 is 0 Å². The molecule has 0 aliphatic heterocycles. The van der Waals surface area contributed by atoms with Crippen molar-refractivity contribution < 1.29 is 4.79 Å². The third kappa shape index (κ3) is 5.42. The van der Waals surface area contributed by atoms with Gasteiger partial charge in [0.05, 0.1) is 17.1 Å². The fraction of sp³-hybridized carbons (Fsp3) is 0.304. The van der Waals surface area contributed by atoms with Crippen molar-refractivity contribution in [2.45, 2.75) is 26.7 Å². The van der Waals surface area contributed by atoms with Crippen LogP contribution in [-0.4, -0.2) is 31.0 Å². The van der Waals surface area contributed by atoms with Crippen molar-refractivity contribution in [3.63, 3.8) is 0 Å². The monoisotopic (exact) mass is 393 g/mol. The van der Waals surface area contributed by atoms with E-state index in [1.54, 1.807) is 11.3 Å². The van der Waals surface area contributed by atoms with Crippen LogP contribution in [0.2, 0.25) is 0 Å². The summed E-state index contributed by atoms with van der Waals surface area (Å²) >= 11 is 1.60. The van der Waals surface area contributed by atoms with Gasteiger partial charge in [0, 0.05) is 36.3 Å². The minimum atomic E-state index is 0.0550. The first-order valence-electron chi connectivity index (χ1n) is 9.59. The Balaban J connectivity index is 1.51. The highest BCUT2D eigenvalue weighted by atomic mass is 32.1. The van der Waals surface area contributed by atoms with E-state index in [1.165, 1.54) is 11.3 Å². The first kappa shape index (κ1) is 20.1. The van der Waals surface area contributed by atoms with Crippen LogP contribution in [0.25, 0.3) is 11.3 Å². The standard InChI is InChI=1S/C23H27N3OS/c1-17-10-12-19(13-11-17)23-21(28-18(2)25-23)16-22(27)24-14-7-15-26(3)20-8-5-4-6-9-20/h4-6,8-13H,7,14-16H2,1-3H3,(H,24,27). The highest BCUT2D eigenvalue weighted by Crippen LogP contribution is 2.28. The van der Waals surface area contributed by atoms with Crippen molar-refractivity contribution >= 4 is 22.9 Å². The van der Waals surface area contributed by atoms with E-state index in [0.29, 0.717) is 13.0 Å². The number of nitrogens with zero attached hydrogens (tertiary/aromatic N) is 2. The molecule has 3 aromatic rings. The predicted molar refractivity (Wildman–Crippen MR) is 118 cm³/mol. The SMILES string of the molecule is Cc1ccc(-c2nc(C)sc2CC(=O)NCCCN(C)c2ccccc2)cc1. The Bertz CT molecular complexity index is 903. The molecule has 0 aliphatic carbocycles. The summed E-state index contributed by atoms with van der Waals surface area (Å²) in [7, 11) is 2.07. The molecule has 0 spiro atoms. The van der Waals surface area contributed by atoms with E-state index in [0.717, 1.165) is 34.1 Å². The summed E-state index contributed by atoms with van der Waals surface area (Å²) in [6, 6.07) is 18.6. The summed E-state index contributed by atoms with van der Waals surface area (Å²) in [6.07, 6.45) is 1.28. The number of amides is 1. The maximum absolute atomic E-state index is 12.4. The number of benzene rings is 2. The lowest BCUT2D eigenvalue weighted by atomic mass is 10.1. The zero-order valence-electron chi connectivity index (χ0n) is 16.7. The van der Waals surface area contributed by atoms with Crippen molar-refractivity contribution in [2.24, 2.45) is 0 Å². The Kier molecular flexibility index (Phi) is 6.82. The molecule has 0 saturated carbocycles. The molecule has 1 aromatic heterocycles. The first-order valence-corrected chi connectivity index (χ1v) is 10.4. The lowest BCUT2D eigenvalue weighted by molar-refractivity contribution is -0.120. The van der Waals surface area contributed by atoms with Crippen LogP contribution in [0, 0.1) is 13.8 Å². The van der Waals surface area contributed by atoms with Crippen LogP contribution in [0.5, 0.6) is 0 Å². The number of carbonyl (C=O) groups is 1. The minimum Gasteiger partial charge on any atom is -0.375 e. The van der Waals surface area contributed by atoms with Gasteiger partial charge in [0.25, 0.3) is 0 Å². The highest BCUT2D eigenvalue weighted by Gasteiger charge is 2.14. The molecule has 5 heteroatoms. The molecule has 4 nitrogen and oxygen atoms in total. The fourth-order valence-corrected chi connectivity index (χ4v) is 4.05. The Morgan fingerprint density at radius 1 is 1.07 bits per heavy atom. The van der Waals surface area contributed by atoms with Crippen LogP contribution in [0.15, 0.2) is 54.6 Å². The quantitative estimate of drug-likeness (QED) is 0.568. The molecular formula is C23H27N3OS. The molecule has 0 saturated heterocycles. The van der Waals surface area contributed by atoms with Crippen LogP contribution in [0.1, 0.15) is 21.9 Å². The first-order chi connectivity index (χ1) is 13.5. The van der Waals surface area contributed by atoms with Gasteiger partial charge in [-0.15, -0.1) is 11.3 Å². The molecule has 0 fully saturated rings. The number of hydrogen-bond donors (Lipinski definition) is 1. The molecule has 0 bridgehead atoms. The maximum Gasteiger partial charge on any atom is 0.225 e. The molecule has 1 N–H and O–H groups in total. The maximum atomic E-state index is 12.4. The summed E-state index contributed by atoms with van der Waals surface area (Å²) in [6.45, 7) is 5.63. The number of nitrogens with one attached hydrogen (secondary N) is 1. The van der Waals surface area contributed by atoms with Crippen molar-refractivity contribution in [2.75, 3.05) is 25.0 Å². The Morgan fingerprint density at radius 2 is 1.79 bits per heavy atom. The normalized spacial score (nSPS) is 10.7. The average Bonchev–Trinajstić information content (AvgIpc) is 3.06. The van der Waals surface area contributed by atoms with Gasteiger partial charge in [-0.05, 0) is 32.4 Å². The highest BCUT2D eigenvalue weighted by molar-refractivity contribution is 7.12. The third-order valence-corrected chi connectivity index (χ3v) is 5.61. The summed E-state index contributed by atoms with van der Waals surface area (Å²) < 4.78 is 0. The molecule has 2 aromatic carbocycles. The zero-order valence-corrected chi connectivity index (χ0v) is 17.6. The number of rotatable bonds is 8. The largest absolute Gasteiger partial charge is 0.375 e. The molecule has 1 heterocycles. The van der Waals surface area contributed by atoms with Crippen LogP contribution < -0.4 is 10.2 Å². The average molecular weight is 394 g/mol. The van der Waals surface area contributed by atoms with Crippen LogP contribution in [0.3, 0.4) is 0 Å².